The standard InChI is InChI=1S/C12H6N2O3S/c15-12-8-6-7(14(16)17)3-4-9(8)18-10-2-1-5-13-11(10)12/h1-6H. The first-order valence-corrected chi connectivity index (χ1v) is 5.94. The van der Waals surface area contributed by atoms with Gasteiger partial charge < -0.3 is 0 Å². The van der Waals surface area contributed by atoms with Crippen molar-refractivity contribution in [1.29, 1.82) is 0 Å². The van der Waals surface area contributed by atoms with Crippen LogP contribution in [0.15, 0.2) is 41.3 Å². The Balaban J connectivity index is 2.49. The van der Waals surface area contributed by atoms with Gasteiger partial charge in [0, 0.05) is 28.4 Å². The van der Waals surface area contributed by atoms with Gasteiger partial charge in [0.15, 0.2) is 0 Å². The van der Waals surface area contributed by atoms with Gasteiger partial charge in [0.25, 0.3) is 5.69 Å². The quantitative estimate of drug-likeness (QED) is 0.382. The molecule has 2 aromatic heterocycles. The number of benzene rings is 1. The van der Waals surface area contributed by atoms with Gasteiger partial charge in [0.2, 0.25) is 5.43 Å². The minimum absolute atomic E-state index is 0.0814. The minimum atomic E-state index is -0.508. The van der Waals surface area contributed by atoms with Crippen LogP contribution in [0, 0.1) is 10.1 Å². The van der Waals surface area contributed by atoms with Crippen molar-refractivity contribution in [2.24, 2.45) is 0 Å². The molecule has 0 amide bonds. The highest BCUT2D eigenvalue weighted by molar-refractivity contribution is 7.24. The Morgan fingerprint density at radius 2 is 2.06 bits per heavy atom. The second-order valence-electron chi connectivity index (χ2n) is 3.72. The lowest BCUT2D eigenvalue weighted by molar-refractivity contribution is -0.384. The summed E-state index contributed by atoms with van der Waals surface area (Å²) >= 11 is 1.40. The second-order valence-corrected chi connectivity index (χ2v) is 4.80. The highest BCUT2D eigenvalue weighted by Crippen LogP contribution is 2.26. The number of non-ortho nitro benzene ring substituents is 1. The van der Waals surface area contributed by atoms with Crippen LogP contribution < -0.4 is 5.43 Å². The summed E-state index contributed by atoms with van der Waals surface area (Å²) in [5.41, 5.74) is 0.0145. The zero-order valence-electron chi connectivity index (χ0n) is 8.99. The van der Waals surface area contributed by atoms with E-state index in [-0.39, 0.29) is 11.1 Å². The average molecular weight is 258 g/mol. The molecule has 3 aromatic rings. The van der Waals surface area contributed by atoms with E-state index in [0.717, 1.165) is 9.40 Å². The number of fused-ring (bicyclic) bond motifs is 2. The molecule has 1 aromatic carbocycles. The molecule has 6 heteroatoms. The van der Waals surface area contributed by atoms with E-state index in [1.54, 1.807) is 18.3 Å². The van der Waals surface area contributed by atoms with Crippen molar-refractivity contribution in [3.63, 3.8) is 0 Å². The molecular formula is C12H6N2O3S. The van der Waals surface area contributed by atoms with Crippen LogP contribution in [0.25, 0.3) is 20.3 Å². The van der Waals surface area contributed by atoms with Crippen LogP contribution in [0.5, 0.6) is 0 Å². The summed E-state index contributed by atoms with van der Waals surface area (Å²) in [6, 6.07) is 7.89. The molecule has 0 spiro atoms. The SMILES string of the molecule is O=c1c2cc([N+](=O)[O-])ccc2sc2cccnc12. The topological polar surface area (TPSA) is 73.1 Å². The third-order valence-corrected chi connectivity index (χ3v) is 3.75. The first-order chi connectivity index (χ1) is 8.66. The number of rotatable bonds is 1. The maximum absolute atomic E-state index is 12.2. The number of aromatic nitrogens is 1. The fourth-order valence-electron chi connectivity index (χ4n) is 1.79. The lowest BCUT2D eigenvalue weighted by Crippen LogP contribution is -2.03. The fraction of sp³-hybridized carbons (Fsp3) is 0. The molecule has 2 heterocycles. The highest BCUT2D eigenvalue weighted by Gasteiger charge is 2.11. The molecule has 0 radical (unpaired) electrons. The summed E-state index contributed by atoms with van der Waals surface area (Å²) < 4.78 is 1.51. The van der Waals surface area contributed by atoms with E-state index in [4.69, 9.17) is 0 Å². The Kier molecular flexibility index (Phi) is 2.31. The van der Waals surface area contributed by atoms with E-state index in [1.807, 2.05) is 6.07 Å². The monoisotopic (exact) mass is 258 g/mol. The smallest absolute Gasteiger partial charge is 0.270 e. The van der Waals surface area contributed by atoms with Crippen molar-refractivity contribution in [3.8, 4) is 0 Å². The van der Waals surface area contributed by atoms with E-state index in [1.165, 1.54) is 23.5 Å². The fourth-order valence-corrected chi connectivity index (χ4v) is 2.81. The van der Waals surface area contributed by atoms with Crippen LogP contribution in [0.3, 0.4) is 0 Å². The van der Waals surface area contributed by atoms with Gasteiger partial charge in [-0.1, -0.05) is 0 Å². The van der Waals surface area contributed by atoms with E-state index in [2.05, 4.69) is 4.98 Å². The van der Waals surface area contributed by atoms with Gasteiger partial charge in [0.05, 0.1) is 9.62 Å². The Morgan fingerprint density at radius 1 is 1.22 bits per heavy atom. The van der Waals surface area contributed by atoms with Crippen molar-refractivity contribution in [2.75, 3.05) is 0 Å². The van der Waals surface area contributed by atoms with Crippen LogP contribution in [-0.2, 0) is 0 Å². The van der Waals surface area contributed by atoms with Gasteiger partial charge in [-0.15, -0.1) is 11.3 Å². The van der Waals surface area contributed by atoms with E-state index in [9.17, 15) is 14.9 Å². The van der Waals surface area contributed by atoms with Gasteiger partial charge >= 0.3 is 0 Å². The van der Waals surface area contributed by atoms with E-state index in [0.29, 0.717) is 10.9 Å². The average Bonchev–Trinajstić information content (AvgIpc) is 2.38. The van der Waals surface area contributed by atoms with Gasteiger partial charge in [-0.25, -0.2) is 0 Å². The van der Waals surface area contributed by atoms with Gasteiger partial charge in [-0.3, -0.25) is 19.9 Å². The van der Waals surface area contributed by atoms with Gasteiger partial charge in [0.1, 0.15) is 5.52 Å². The summed E-state index contributed by atoms with van der Waals surface area (Å²) in [6.45, 7) is 0. The zero-order chi connectivity index (χ0) is 12.7. The predicted octanol–water partition coefficient (Wildman–Crippen LogP) is 2.72. The van der Waals surface area contributed by atoms with Crippen LogP contribution in [-0.4, -0.2) is 9.91 Å². The first-order valence-electron chi connectivity index (χ1n) is 5.13. The lowest BCUT2D eigenvalue weighted by atomic mass is 10.2. The number of hydrogen-bond acceptors (Lipinski definition) is 5. The Labute approximate surface area is 104 Å². The van der Waals surface area contributed by atoms with Crippen molar-refractivity contribution in [1.82, 2.24) is 4.98 Å². The third-order valence-electron chi connectivity index (χ3n) is 2.62. The normalized spacial score (nSPS) is 10.9. The molecule has 88 valence electrons. The third kappa shape index (κ3) is 1.54. The molecule has 0 saturated carbocycles. The summed E-state index contributed by atoms with van der Waals surface area (Å²) in [5, 5.41) is 11.1. The minimum Gasteiger partial charge on any atom is -0.287 e. The Morgan fingerprint density at radius 3 is 2.83 bits per heavy atom. The Bertz CT molecular complexity index is 841. The van der Waals surface area contributed by atoms with Crippen LogP contribution >= 0.6 is 11.3 Å². The number of nitro benzene ring substituents is 1. The Hall–Kier alpha value is -2.34. The molecule has 18 heavy (non-hydrogen) atoms. The van der Waals surface area contributed by atoms with Gasteiger partial charge in [-0.2, -0.15) is 0 Å². The number of pyridine rings is 1. The first kappa shape index (κ1) is 10.8. The highest BCUT2D eigenvalue weighted by atomic mass is 32.1. The summed E-state index contributed by atoms with van der Waals surface area (Å²) in [6.07, 6.45) is 1.54. The van der Waals surface area contributed by atoms with Crippen molar-refractivity contribution in [3.05, 3.63) is 56.9 Å². The largest absolute Gasteiger partial charge is 0.287 e. The van der Waals surface area contributed by atoms with Gasteiger partial charge in [-0.05, 0) is 18.2 Å². The zero-order valence-corrected chi connectivity index (χ0v) is 9.81. The van der Waals surface area contributed by atoms with Crippen molar-refractivity contribution in [2.45, 2.75) is 0 Å². The molecule has 0 N–H and O–H groups in total. The van der Waals surface area contributed by atoms with E-state index < -0.39 is 4.92 Å². The number of hydrogen-bond donors (Lipinski definition) is 0. The lowest BCUT2D eigenvalue weighted by Gasteiger charge is -1.99. The van der Waals surface area contributed by atoms with Crippen molar-refractivity contribution >= 4 is 37.3 Å². The molecule has 0 aliphatic carbocycles. The second kappa shape index (κ2) is 3.85. The molecule has 0 saturated heterocycles. The van der Waals surface area contributed by atoms with Crippen molar-refractivity contribution < 1.29 is 4.92 Å². The molecule has 3 rings (SSSR count). The summed E-state index contributed by atoms with van der Waals surface area (Å²) in [5.74, 6) is 0. The molecule has 0 fully saturated rings. The molecule has 0 aliphatic heterocycles. The summed E-state index contributed by atoms with van der Waals surface area (Å²) in [7, 11) is 0. The van der Waals surface area contributed by atoms with Crippen LogP contribution in [0.1, 0.15) is 0 Å². The molecule has 0 bridgehead atoms. The number of nitrogens with zero attached hydrogens (tertiary/aromatic N) is 2. The molecule has 5 nitrogen and oxygen atoms in total. The summed E-state index contributed by atoms with van der Waals surface area (Å²) in [4.78, 5) is 26.4. The molecule has 0 atom stereocenters. The maximum atomic E-state index is 12.2. The molecular weight excluding hydrogens is 252 g/mol. The predicted molar refractivity (Wildman–Crippen MR) is 70.1 cm³/mol. The van der Waals surface area contributed by atoms with Crippen LogP contribution in [0.2, 0.25) is 0 Å². The van der Waals surface area contributed by atoms with E-state index >= 15 is 0 Å². The van der Waals surface area contributed by atoms with Crippen LogP contribution in [0.4, 0.5) is 5.69 Å². The molecule has 0 unspecified atom stereocenters. The maximum Gasteiger partial charge on any atom is 0.270 e. The number of nitro groups is 1. The molecule has 0 aliphatic rings.